The van der Waals surface area contributed by atoms with Gasteiger partial charge < -0.3 is 9.64 Å². The molecule has 0 heterocycles. The highest BCUT2D eigenvalue weighted by Crippen LogP contribution is 2.16. The van der Waals surface area contributed by atoms with E-state index in [9.17, 15) is 9.59 Å². The second kappa shape index (κ2) is 4.68. The summed E-state index contributed by atoms with van der Waals surface area (Å²) in [6.07, 6.45) is 4.14. The molecule has 0 N–H and O–H groups in total. The first kappa shape index (κ1) is 12.7. The number of carbonyl (C=O) groups excluding carboxylic acids is 2. The van der Waals surface area contributed by atoms with Crippen molar-refractivity contribution in [3.05, 3.63) is 12.2 Å². The normalized spacial score (nSPS) is 20.8. The van der Waals surface area contributed by atoms with Crippen molar-refractivity contribution in [1.82, 2.24) is 4.90 Å². The molecule has 0 aliphatic heterocycles. The Labute approximate surface area is 96.3 Å². The summed E-state index contributed by atoms with van der Waals surface area (Å²) in [7, 11) is 1.65. The van der Waals surface area contributed by atoms with Gasteiger partial charge in [0.1, 0.15) is 11.4 Å². The molecule has 16 heavy (non-hydrogen) atoms. The van der Waals surface area contributed by atoms with Crippen LogP contribution in [0.2, 0.25) is 0 Å². The fraction of sp³-hybridized carbons (Fsp3) is 0.667. The second-order valence-corrected chi connectivity index (χ2v) is 5.03. The summed E-state index contributed by atoms with van der Waals surface area (Å²) in [5.74, 6) is 0.155. The molecule has 1 aliphatic carbocycles. The molecule has 0 aromatic heterocycles. The van der Waals surface area contributed by atoms with Crippen LogP contribution in [0.4, 0.5) is 4.79 Å². The Morgan fingerprint density at radius 3 is 2.62 bits per heavy atom. The molecule has 0 saturated carbocycles. The summed E-state index contributed by atoms with van der Waals surface area (Å²) >= 11 is 0. The fourth-order valence-corrected chi connectivity index (χ4v) is 1.48. The molecule has 0 bridgehead atoms. The molecular weight excluding hydrogens is 206 g/mol. The van der Waals surface area contributed by atoms with Crippen LogP contribution in [0.1, 0.15) is 33.6 Å². The number of ketones is 1. The predicted molar refractivity (Wildman–Crippen MR) is 61.2 cm³/mol. The third-order valence-corrected chi connectivity index (χ3v) is 2.32. The zero-order chi connectivity index (χ0) is 12.3. The number of Topliss-reactive ketones (excluding diaryl/α,β-unsaturated/α-hetero) is 1. The molecular formula is C12H19NO3. The first-order valence-corrected chi connectivity index (χ1v) is 5.44. The number of hydrogen-bond acceptors (Lipinski definition) is 3. The van der Waals surface area contributed by atoms with Gasteiger partial charge in [-0.25, -0.2) is 4.79 Å². The predicted octanol–water partition coefficient (Wildman–Crippen LogP) is 2.14. The lowest BCUT2D eigenvalue weighted by Crippen LogP contribution is -2.41. The van der Waals surface area contributed by atoms with Crippen molar-refractivity contribution >= 4 is 11.9 Å². The molecule has 0 aromatic rings. The van der Waals surface area contributed by atoms with E-state index in [0.717, 1.165) is 0 Å². The van der Waals surface area contributed by atoms with Gasteiger partial charge in [-0.1, -0.05) is 12.2 Å². The van der Waals surface area contributed by atoms with Crippen LogP contribution in [0, 0.1) is 0 Å². The van der Waals surface area contributed by atoms with E-state index in [1.165, 1.54) is 4.90 Å². The van der Waals surface area contributed by atoms with Crippen molar-refractivity contribution in [2.24, 2.45) is 0 Å². The van der Waals surface area contributed by atoms with Crippen LogP contribution in [0.15, 0.2) is 12.2 Å². The molecule has 1 atom stereocenters. The van der Waals surface area contributed by atoms with E-state index < -0.39 is 11.7 Å². The first-order chi connectivity index (χ1) is 7.29. The van der Waals surface area contributed by atoms with E-state index in [-0.39, 0.29) is 11.8 Å². The molecule has 0 fully saturated rings. The highest BCUT2D eigenvalue weighted by Gasteiger charge is 2.26. The highest BCUT2D eigenvalue weighted by molar-refractivity contribution is 5.82. The van der Waals surface area contributed by atoms with Crippen molar-refractivity contribution in [3.8, 4) is 0 Å². The summed E-state index contributed by atoms with van der Waals surface area (Å²) in [5, 5.41) is 0. The Hall–Kier alpha value is -1.32. The van der Waals surface area contributed by atoms with Gasteiger partial charge in [0.25, 0.3) is 0 Å². The maximum Gasteiger partial charge on any atom is 0.410 e. The van der Waals surface area contributed by atoms with Crippen LogP contribution < -0.4 is 0 Å². The van der Waals surface area contributed by atoms with Crippen LogP contribution in [-0.2, 0) is 9.53 Å². The Balaban J connectivity index is 2.60. The molecule has 1 amide bonds. The van der Waals surface area contributed by atoms with E-state index >= 15 is 0 Å². The second-order valence-electron chi connectivity index (χ2n) is 5.03. The van der Waals surface area contributed by atoms with Crippen LogP contribution in [0.5, 0.6) is 0 Å². The van der Waals surface area contributed by atoms with Gasteiger partial charge in [0.2, 0.25) is 0 Å². The van der Waals surface area contributed by atoms with E-state index in [1.807, 2.05) is 26.8 Å². The molecule has 90 valence electrons. The maximum atomic E-state index is 11.7. The van der Waals surface area contributed by atoms with Crippen molar-refractivity contribution in [3.63, 3.8) is 0 Å². The molecule has 0 aromatic carbocycles. The Kier molecular flexibility index (Phi) is 3.73. The highest BCUT2D eigenvalue weighted by atomic mass is 16.6. The van der Waals surface area contributed by atoms with E-state index in [2.05, 4.69) is 0 Å². The number of carbonyl (C=O) groups is 2. The number of amides is 1. The summed E-state index contributed by atoms with van der Waals surface area (Å²) < 4.78 is 5.23. The van der Waals surface area contributed by atoms with Crippen LogP contribution in [0.25, 0.3) is 0 Å². The van der Waals surface area contributed by atoms with Crippen molar-refractivity contribution < 1.29 is 14.3 Å². The van der Waals surface area contributed by atoms with Crippen molar-refractivity contribution in [1.29, 1.82) is 0 Å². The number of allylic oxidation sites excluding steroid dienone is 1. The van der Waals surface area contributed by atoms with Gasteiger partial charge in [-0.05, 0) is 20.8 Å². The minimum absolute atomic E-state index is 0.155. The maximum absolute atomic E-state index is 11.7. The number of likely N-dealkylation sites (N-methyl/N-ethyl adjacent to an activating group) is 1. The monoisotopic (exact) mass is 225 g/mol. The zero-order valence-corrected chi connectivity index (χ0v) is 10.3. The number of ether oxygens (including phenoxy) is 1. The van der Waals surface area contributed by atoms with Gasteiger partial charge >= 0.3 is 6.09 Å². The number of rotatable bonds is 1. The minimum atomic E-state index is -0.506. The SMILES string of the molecule is CN(C(=O)OC(C)(C)C)C1C=CCC(=O)C1. The van der Waals surface area contributed by atoms with Crippen LogP contribution >= 0.6 is 0 Å². The number of nitrogens with zero attached hydrogens (tertiary/aromatic N) is 1. The lowest BCUT2D eigenvalue weighted by Gasteiger charge is -2.30. The Bertz CT molecular complexity index is 315. The van der Waals surface area contributed by atoms with Crippen molar-refractivity contribution in [2.75, 3.05) is 7.05 Å². The third kappa shape index (κ3) is 3.68. The Morgan fingerprint density at radius 2 is 2.12 bits per heavy atom. The zero-order valence-electron chi connectivity index (χ0n) is 10.3. The van der Waals surface area contributed by atoms with Crippen LogP contribution in [0.3, 0.4) is 0 Å². The lowest BCUT2D eigenvalue weighted by atomic mass is 10.0. The van der Waals surface area contributed by atoms with E-state index in [0.29, 0.717) is 12.8 Å². The lowest BCUT2D eigenvalue weighted by molar-refractivity contribution is -0.119. The molecule has 0 saturated heterocycles. The van der Waals surface area contributed by atoms with Gasteiger partial charge in [0, 0.05) is 19.9 Å². The number of hydrogen-bond donors (Lipinski definition) is 0. The van der Waals surface area contributed by atoms with Gasteiger partial charge in [-0.3, -0.25) is 4.79 Å². The van der Waals surface area contributed by atoms with Gasteiger partial charge in [0.15, 0.2) is 0 Å². The molecule has 1 unspecified atom stereocenters. The van der Waals surface area contributed by atoms with E-state index in [1.54, 1.807) is 13.1 Å². The topological polar surface area (TPSA) is 46.6 Å². The largest absolute Gasteiger partial charge is 0.444 e. The average molecular weight is 225 g/mol. The van der Waals surface area contributed by atoms with Gasteiger partial charge in [0.05, 0.1) is 6.04 Å². The quantitative estimate of drug-likeness (QED) is 0.642. The Morgan fingerprint density at radius 1 is 1.50 bits per heavy atom. The van der Waals surface area contributed by atoms with Crippen LogP contribution in [-0.4, -0.2) is 35.5 Å². The first-order valence-electron chi connectivity index (χ1n) is 5.44. The summed E-state index contributed by atoms with van der Waals surface area (Å²) in [6, 6.07) is -0.170. The molecule has 4 nitrogen and oxygen atoms in total. The van der Waals surface area contributed by atoms with Gasteiger partial charge in [-0.15, -0.1) is 0 Å². The summed E-state index contributed by atoms with van der Waals surface area (Å²) in [6.45, 7) is 5.46. The van der Waals surface area contributed by atoms with Gasteiger partial charge in [-0.2, -0.15) is 0 Å². The smallest absolute Gasteiger partial charge is 0.410 e. The van der Waals surface area contributed by atoms with E-state index in [4.69, 9.17) is 4.74 Å². The summed E-state index contributed by atoms with van der Waals surface area (Å²) in [5.41, 5.74) is -0.506. The average Bonchev–Trinajstić information content (AvgIpc) is 2.14. The standard InChI is InChI=1S/C12H19NO3/c1-12(2,3)16-11(15)13(4)9-6-5-7-10(14)8-9/h5-6,9H,7-8H2,1-4H3. The summed E-state index contributed by atoms with van der Waals surface area (Å²) in [4.78, 5) is 24.4. The van der Waals surface area contributed by atoms with Crippen molar-refractivity contribution in [2.45, 2.75) is 45.3 Å². The molecule has 0 radical (unpaired) electrons. The fourth-order valence-electron chi connectivity index (χ4n) is 1.48. The molecule has 0 spiro atoms. The molecule has 1 rings (SSSR count). The third-order valence-electron chi connectivity index (χ3n) is 2.32. The molecule has 4 heteroatoms. The minimum Gasteiger partial charge on any atom is -0.444 e. The molecule has 1 aliphatic rings.